The molecule has 1 fully saturated rings. The second-order valence-electron chi connectivity index (χ2n) is 6.00. The Hall–Kier alpha value is -2.20. The lowest BCUT2D eigenvalue weighted by molar-refractivity contribution is -0.193. The van der Waals surface area contributed by atoms with Gasteiger partial charge in [0.15, 0.2) is 12.1 Å². The number of cyclic esters (lactones) is 1. The summed E-state index contributed by atoms with van der Waals surface area (Å²) < 4.78 is 14.5. The third kappa shape index (κ3) is 5.40. The first-order chi connectivity index (χ1) is 11.7. The number of ether oxygens (including phenoxy) is 3. The van der Waals surface area contributed by atoms with Gasteiger partial charge in [0, 0.05) is 14.2 Å². The molecule has 1 aliphatic heterocycles. The minimum absolute atomic E-state index is 0.0928. The van der Waals surface area contributed by atoms with Crippen LogP contribution in [0.3, 0.4) is 0 Å². The molecule has 0 aromatic carbocycles. The molecule has 1 saturated heterocycles. The quantitative estimate of drug-likeness (QED) is 0.401. The fourth-order valence-corrected chi connectivity index (χ4v) is 2.38. The summed E-state index contributed by atoms with van der Waals surface area (Å²) in [5, 5.41) is 13.7. The van der Waals surface area contributed by atoms with E-state index in [-0.39, 0.29) is 19.1 Å². The summed E-state index contributed by atoms with van der Waals surface area (Å²) in [6.07, 6.45) is -0.978. The molecule has 0 unspecified atom stereocenters. The van der Waals surface area contributed by atoms with E-state index in [0.29, 0.717) is 0 Å². The molecule has 0 spiro atoms. The van der Waals surface area contributed by atoms with Crippen molar-refractivity contribution in [3.63, 3.8) is 0 Å². The Balaban J connectivity index is 2.72. The summed E-state index contributed by atoms with van der Waals surface area (Å²) in [6.45, 7) is 3.16. The highest BCUT2D eigenvalue weighted by Crippen LogP contribution is 2.29. The third-order valence-electron chi connectivity index (χ3n) is 3.73. The molecule has 142 valence electrons. The molecule has 3 N–H and O–H groups in total. The van der Waals surface area contributed by atoms with E-state index in [1.54, 1.807) is 13.8 Å². The van der Waals surface area contributed by atoms with Crippen LogP contribution in [0, 0.1) is 11.8 Å². The largest absolute Gasteiger partial charge is 0.480 e. The van der Waals surface area contributed by atoms with Crippen molar-refractivity contribution in [3.8, 4) is 0 Å². The monoisotopic (exact) mass is 360 g/mol. The molecule has 2 amide bonds. The van der Waals surface area contributed by atoms with Crippen LogP contribution in [0.2, 0.25) is 0 Å². The summed E-state index contributed by atoms with van der Waals surface area (Å²) in [4.78, 5) is 47.0. The molecule has 1 heterocycles. The van der Waals surface area contributed by atoms with E-state index in [2.05, 4.69) is 10.6 Å². The maximum Gasteiger partial charge on any atom is 0.328 e. The first-order valence-corrected chi connectivity index (χ1v) is 7.74. The number of esters is 1. The highest BCUT2D eigenvalue weighted by Gasteiger charge is 2.49. The SMILES string of the molecule is COC[C@H](NC(=O)[C@H](COC)NC(=O)[C@@H]1OC(=O)[C@H]1C(C)C)C(=O)O. The Morgan fingerprint density at radius 1 is 1.12 bits per heavy atom. The van der Waals surface area contributed by atoms with Crippen molar-refractivity contribution < 1.29 is 38.5 Å². The van der Waals surface area contributed by atoms with Crippen molar-refractivity contribution in [1.29, 1.82) is 0 Å². The maximum absolute atomic E-state index is 12.3. The van der Waals surface area contributed by atoms with Gasteiger partial charge in [-0.25, -0.2) is 4.79 Å². The van der Waals surface area contributed by atoms with E-state index in [1.165, 1.54) is 14.2 Å². The zero-order chi connectivity index (χ0) is 19.1. The van der Waals surface area contributed by atoms with Crippen LogP contribution in [-0.4, -0.2) is 74.5 Å². The van der Waals surface area contributed by atoms with Gasteiger partial charge in [0.25, 0.3) is 5.91 Å². The van der Waals surface area contributed by atoms with Crippen molar-refractivity contribution in [2.24, 2.45) is 11.8 Å². The summed E-state index contributed by atoms with van der Waals surface area (Å²) in [5.74, 6) is -3.78. The summed E-state index contributed by atoms with van der Waals surface area (Å²) in [7, 11) is 2.63. The number of carboxylic acids is 1. The van der Waals surface area contributed by atoms with Gasteiger partial charge in [-0.3, -0.25) is 14.4 Å². The van der Waals surface area contributed by atoms with Gasteiger partial charge in [-0.1, -0.05) is 13.8 Å². The molecule has 0 aliphatic carbocycles. The molecule has 10 nitrogen and oxygen atoms in total. The van der Waals surface area contributed by atoms with Crippen LogP contribution in [0.1, 0.15) is 13.8 Å². The van der Waals surface area contributed by atoms with Crippen LogP contribution in [0.4, 0.5) is 0 Å². The third-order valence-corrected chi connectivity index (χ3v) is 3.73. The lowest BCUT2D eigenvalue weighted by atomic mass is 9.85. The first-order valence-electron chi connectivity index (χ1n) is 7.74. The zero-order valence-corrected chi connectivity index (χ0v) is 14.6. The number of hydrogen-bond donors (Lipinski definition) is 3. The van der Waals surface area contributed by atoms with Crippen LogP contribution in [0.15, 0.2) is 0 Å². The van der Waals surface area contributed by atoms with Gasteiger partial charge in [-0.2, -0.15) is 0 Å². The van der Waals surface area contributed by atoms with Crippen molar-refractivity contribution in [2.45, 2.75) is 32.0 Å². The number of methoxy groups -OCH3 is 2. The number of carbonyl (C=O) groups excluding carboxylic acids is 3. The van der Waals surface area contributed by atoms with Gasteiger partial charge < -0.3 is 30.0 Å². The Kier molecular flexibility index (Phi) is 7.78. The average Bonchev–Trinajstić information content (AvgIpc) is 2.50. The molecular formula is C15H24N2O8. The minimum atomic E-state index is -1.27. The number of rotatable bonds is 10. The van der Waals surface area contributed by atoms with Gasteiger partial charge in [0.05, 0.1) is 13.2 Å². The van der Waals surface area contributed by atoms with Crippen molar-refractivity contribution in [2.75, 3.05) is 27.4 Å². The Labute approximate surface area is 145 Å². The lowest BCUT2D eigenvalue weighted by Gasteiger charge is -2.36. The van der Waals surface area contributed by atoms with Crippen LogP contribution >= 0.6 is 0 Å². The van der Waals surface area contributed by atoms with Gasteiger partial charge in [0.1, 0.15) is 12.0 Å². The van der Waals surface area contributed by atoms with Crippen LogP contribution < -0.4 is 10.6 Å². The normalized spacial score (nSPS) is 21.7. The summed E-state index contributed by atoms with van der Waals surface area (Å²) in [5.41, 5.74) is 0. The first kappa shape index (κ1) is 20.8. The molecule has 0 aromatic heterocycles. The van der Waals surface area contributed by atoms with E-state index < -0.39 is 47.9 Å². The Morgan fingerprint density at radius 2 is 1.68 bits per heavy atom. The van der Waals surface area contributed by atoms with Crippen molar-refractivity contribution in [1.82, 2.24) is 10.6 Å². The molecule has 25 heavy (non-hydrogen) atoms. The minimum Gasteiger partial charge on any atom is -0.480 e. The molecule has 0 radical (unpaired) electrons. The standard InChI is InChI=1S/C15H24N2O8/c1-7(2)10-11(25-15(10)22)13(19)16-8(5-23-3)12(18)17-9(6-24-4)14(20)21/h7-11H,5-6H2,1-4H3,(H,16,19)(H,17,18)(H,20,21)/t8-,9-,10-,11+/m0/s1. The zero-order valence-electron chi connectivity index (χ0n) is 14.6. The number of amides is 2. The number of aliphatic carboxylic acids is 1. The Bertz CT molecular complexity index is 522. The molecule has 0 aromatic rings. The van der Waals surface area contributed by atoms with E-state index in [1.807, 2.05) is 0 Å². The molecule has 1 aliphatic rings. The Morgan fingerprint density at radius 3 is 2.12 bits per heavy atom. The predicted octanol–water partition coefficient (Wildman–Crippen LogP) is -1.47. The molecule has 0 saturated carbocycles. The predicted molar refractivity (Wildman–Crippen MR) is 83.5 cm³/mol. The number of hydrogen-bond acceptors (Lipinski definition) is 7. The topological polar surface area (TPSA) is 140 Å². The second-order valence-corrected chi connectivity index (χ2v) is 6.00. The van der Waals surface area contributed by atoms with Crippen LogP contribution in [0.5, 0.6) is 0 Å². The number of carboxylic acid groups (broad SMARTS) is 1. The van der Waals surface area contributed by atoms with E-state index in [9.17, 15) is 19.2 Å². The highest BCUT2D eigenvalue weighted by atomic mass is 16.6. The fourth-order valence-electron chi connectivity index (χ4n) is 2.38. The smallest absolute Gasteiger partial charge is 0.328 e. The van der Waals surface area contributed by atoms with Crippen LogP contribution in [0.25, 0.3) is 0 Å². The summed E-state index contributed by atoms with van der Waals surface area (Å²) >= 11 is 0. The van der Waals surface area contributed by atoms with Crippen molar-refractivity contribution in [3.05, 3.63) is 0 Å². The summed E-state index contributed by atoms with van der Waals surface area (Å²) in [6, 6.07) is -2.40. The van der Waals surface area contributed by atoms with Crippen molar-refractivity contribution >= 4 is 23.8 Å². The average molecular weight is 360 g/mol. The molecule has 10 heteroatoms. The second kappa shape index (κ2) is 9.33. The van der Waals surface area contributed by atoms with Gasteiger partial charge in [-0.15, -0.1) is 0 Å². The van der Waals surface area contributed by atoms with E-state index in [4.69, 9.17) is 19.3 Å². The lowest BCUT2D eigenvalue weighted by Crippen LogP contribution is -2.61. The van der Waals surface area contributed by atoms with Gasteiger partial charge in [-0.05, 0) is 5.92 Å². The number of nitrogens with one attached hydrogen (secondary N) is 2. The van der Waals surface area contributed by atoms with Gasteiger partial charge >= 0.3 is 11.9 Å². The molecular weight excluding hydrogens is 336 g/mol. The number of carbonyl (C=O) groups is 4. The molecule has 4 atom stereocenters. The van der Waals surface area contributed by atoms with E-state index >= 15 is 0 Å². The molecule has 0 bridgehead atoms. The fraction of sp³-hybridized carbons (Fsp3) is 0.733. The van der Waals surface area contributed by atoms with E-state index in [0.717, 1.165) is 0 Å². The van der Waals surface area contributed by atoms with Crippen LogP contribution in [-0.2, 0) is 33.4 Å². The highest BCUT2D eigenvalue weighted by molar-refractivity contribution is 5.97. The maximum atomic E-state index is 12.3. The van der Waals surface area contributed by atoms with Gasteiger partial charge in [0.2, 0.25) is 5.91 Å². The molecule has 1 rings (SSSR count).